The van der Waals surface area contributed by atoms with Gasteiger partial charge in [-0.15, -0.1) is 0 Å². The maximum Gasteiger partial charge on any atom is 0.228 e. The van der Waals surface area contributed by atoms with Crippen molar-refractivity contribution in [2.24, 2.45) is 0 Å². The van der Waals surface area contributed by atoms with E-state index in [1.165, 1.54) is 6.07 Å². The molecule has 0 aliphatic heterocycles. The zero-order valence-electron chi connectivity index (χ0n) is 11.6. The predicted molar refractivity (Wildman–Crippen MR) is 83.3 cm³/mol. The van der Waals surface area contributed by atoms with Crippen molar-refractivity contribution in [2.75, 3.05) is 11.6 Å². The van der Waals surface area contributed by atoms with E-state index in [4.69, 9.17) is 11.6 Å². The van der Waals surface area contributed by atoms with Gasteiger partial charge in [0, 0.05) is 17.0 Å². The van der Waals surface area contributed by atoms with E-state index >= 15 is 0 Å². The van der Waals surface area contributed by atoms with Gasteiger partial charge in [-0.25, -0.2) is 12.8 Å². The molecule has 1 amide bonds. The number of hydrogen-bond donors (Lipinski definition) is 1. The van der Waals surface area contributed by atoms with E-state index in [1.54, 1.807) is 24.3 Å². The van der Waals surface area contributed by atoms with E-state index in [0.717, 1.165) is 18.4 Å². The molecule has 116 valence electrons. The lowest BCUT2D eigenvalue weighted by Crippen LogP contribution is -2.15. The van der Waals surface area contributed by atoms with Crippen molar-refractivity contribution in [3.63, 3.8) is 0 Å². The van der Waals surface area contributed by atoms with E-state index in [1.807, 2.05) is 0 Å². The van der Waals surface area contributed by atoms with Crippen LogP contribution in [-0.2, 0) is 21.1 Å². The zero-order valence-corrected chi connectivity index (χ0v) is 13.2. The molecule has 0 aromatic heterocycles. The smallest absolute Gasteiger partial charge is 0.228 e. The van der Waals surface area contributed by atoms with Gasteiger partial charge in [0.2, 0.25) is 5.91 Å². The van der Waals surface area contributed by atoms with Crippen molar-refractivity contribution in [1.29, 1.82) is 0 Å². The quantitative estimate of drug-likeness (QED) is 0.929. The lowest BCUT2D eigenvalue weighted by atomic mass is 10.1. The topological polar surface area (TPSA) is 63.2 Å². The summed E-state index contributed by atoms with van der Waals surface area (Å²) in [5.41, 5.74) is 0.853. The van der Waals surface area contributed by atoms with Gasteiger partial charge in [-0.05, 0) is 29.8 Å². The molecule has 7 heteroatoms. The first-order chi connectivity index (χ1) is 10.3. The summed E-state index contributed by atoms with van der Waals surface area (Å²) in [5.74, 6) is -1.23. The highest BCUT2D eigenvalue weighted by Gasteiger charge is 2.15. The van der Waals surface area contributed by atoms with Crippen LogP contribution in [0, 0.1) is 5.82 Å². The van der Waals surface area contributed by atoms with Gasteiger partial charge in [0.05, 0.1) is 6.42 Å². The Morgan fingerprint density at radius 2 is 1.91 bits per heavy atom. The van der Waals surface area contributed by atoms with Gasteiger partial charge < -0.3 is 5.32 Å². The van der Waals surface area contributed by atoms with Gasteiger partial charge in [0.15, 0.2) is 9.84 Å². The zero-order chi connectivity index (χ0) is 16.3. The van der Waals surface area contributed by atoms with Crippen LogP contribution in [0.3, 0.4) is 0 Å². The average Bonchev–Trinajstić information content (AvgIpc) is 2.42. The Kier molecular flexibility index (Phi) is 4.83. The molecule has 0 unspecified atom stereocenters. The van der Waals surface area contributed by atoms with Crippen LogP contribution < -0.4 is 5.32 Å². The van der Waals surface area contributed by atoms with Gasteiger partial charge >= 0.3 is 0 Å². The molecule has 0 bridgehead atoms. The number of amides is 1. The molecule has 0 atom stereocenters. The van der Waals surface area contributed by atoms with Crippen molar-refractivity contribution in [2.45, 2.75) is 11.3 Å². The van der Waals surface area contributed by atoms with Crippen LogP contribution in [0.15, 0.2) is 47.4 Å². The third-order valence-electron chi connectivity index (χ3n) is 2.92. The van der Waals surface area contributed by atoms with Crippen LogP contribution in [0.5, 0.6) is 0 Å². The van der Waals surface area contributed by atoms with E-state index in [-0.39, 0.29) is 18.0 Å². The third kappa shape index (κ3) is 4.05. The molecule has 2 rings (SSSR count). The summed E-state index contributed by atoms with van der Waals surface area (Å²) in [5, 5.41) is 2.99. The normalized spacial score (nSPS) is 11.2. The molecular formula is C15H13ClFNO3S. The Labute approximate surface area is 132 Å². The van der Waals surface area contributed by atoms with Gasteiger partial charge in [0.25, 0.3) is 0 Å². The average molecular weight is 342 g/mol. The Hall–Kier alpha value is -1.92. The monoisotopic (exact) mass is 341 g/mol. The number of anilines is 1. The molecule has 4 nitrogen and oxygen atoms in total. The van der Waals surface area contributed by atoms with Crippen LogP contribution in [0.1, 0.15) is 5.56 Å². The summed E-state index contributed by atoms with van der Waals surface area (Å²) < 4.78 is 36.4. The molecule has 22 heavy (non-hydrogen) atoms. The van der Waals surface area contributed by atoms with E-state index in [0.29, 0.717) is 10.6 Å². The van der Waals surface area contributed by atoms with Crippen LogP contribution in [0.2, 0.25) is 5.02 Å². The molecule has 0 radical (unpaired) electrons. The Morgan fingerprint density at radius 1 is 1.23 bits per heavy atom. The molecular weight excluding hydrogens is 329 g/mol. The summed E-state index contributed by atoms with van der Waals surface area (Å²) in [6, 6.07) is 10.3. The van der Waals surface area contributed by atoms with Crippen LogP contribution in [0.4, 0.5) is 10.1 Å². The third-order valence-corrected chi connectivity index (χ3v) is 4.40. The second kappa shape index (κ2) is 6.46. The number of halogens is 2. The lowest BCUT2D eigenvalue weighted by Gasteiger charge is -2.08. The highest BCUT2D eigenvalue weighted by Crippen LogP contribution is 2.20. The van der Waals surface area contributed by atoms with E-state index in [9.17, 15) is 17.6 Å². The minimum absolute atomic E-state index is 0.0330. The molecule has 0 spiro atoms. The summed E-state index contributed by atoms with van der Waals surface area (Å²) in [6.45, 7) is 0. The maximum atomic E-state index is 13.5. The number of nitrogens with one attached hydrogen (secondary N) is 1. The molecule has 2 aromatic carbocycles. The van der Waals surface area contributed by atoms with Gasteiger partial charge in [0.1, 0.15) is 10.7 Å². The number of rotatable bonds is 4. The fraction of sp³-hybridized carbons (Fsp3) is 0.133. The van der Waals surface area contributed by atoms with Crippen molar-refractivity contribution in [1.82, 2.24) is 0 Å². The fourth-order valence-electron chi connectivity index (χ4n) is 1.89. The molecule has 1 N–H and O–H groups in total. The fourth-order valence-corrected chi connectivity index (χ4v) is 2.85. The Balaban J connectivity index is 2.18. The Morgan fingerprint density at radius 3 is 2.55 bits per heavy atom. The first-order valence-electron chi connectivity index (χ1n) is 6.30. The van der Waals surface area contributed by atoms with Crippen molar-refractivity contribution in [3.8, 4) is 0 Å². The molecule has 2 aromatic rings. The molecule has 0 saturated heterocycles. The van der Waals surface area contributed by atoms with Crippen molar-refractivity contribution >= 4 is 33.0 Å². The first kappa shape index (κ1) is 16.5. The number of sulfone groups is 1. The number of carbonyl (C=O) groups is 1. The van der Waals surface area contributed by atoms with Crippen LogP contribution in [-0.4, -0.2) is 20.6 Å². The Bertz CT molecular complexity index is 821. The van der Waals surface area contributed by atoms with E-state index in [2.05, 4.69) is 5.32 Å². The van der Waals surface area contributed by atoms with Crippen LogP contribution >= 0.6 is 11.6 Å². The second-order valence-corrected chi connectivity index (χ2v) is 7.13. The first-order valence-corrected chi connectivity index (χ1v) is 8.57. The standard InChI is InChI=1S/C15H13ClFNO3S/c1-22(20,21)14-9-11(6-7-13(14)17)18-15(19)8-10-4-2-3-5-12(10)16/h2-7,9H,8H2,1H3,(H,18,19). The van der Waals surface area contributed by atoms with Crippen molar-refractivity contribution < 1.29 is 17.6 Å². The lowest BCUT2D eigenvalue weighted by molar-refractivity contribution is -0.115. The molecule has 0 aliphatic carbocycles. The largest absolute Gasteiger partial charge is 0.326 e. The summed E-state index contributed by atoms with van der Waals surface area (Å²) in [7, 11) is -3.70. The molecule has 0 aliphatic rings. The highest BCUT2D eigenvalue weighted by molar-refractivity contribution is 7.90. The summed E-state index contributed by atoms with van der Waals surface area (Å²) in [6.07, 6.45) is 0.937. The van der Waals surface area contributed by atoms with Gasteiger partial charge in [-0.1, -0.05) is 29.8 Å². The summed E-state index contributed by atoms with van der Waals surface area (Å²) >= 11 is 5.97. The van der Waals surface area contributed by atoms with Gasteiger partial charge in [-0.3, -0.25) is 4.79 Å². The van der Waals surface area contributed by atoms with Crippen molar-refractivity contribution in [3.05, 3.63) is 58.9 Å². The highest BCUT2D eigenvalue weighted by atomic mass is 35.5. The van der Waals surface area contributed by atoms with Crippen LogP contribution in [0.25, 0.3) is 0 Å². The molecule has 0 heterocycles. The number of benzene rings is 2. The summed E-state index contributed by atoms with van der Waals surface area (Å²) in [4.78, 5) is 11.5. The minimum Gasteiger partial charge on any atom is -0.326 e. The second-order valence-electron chi connectivity index (χ2n) is 4.73. The molecule has 0 saturated carbocycles. The SMILES string of the molecule is CS(=O)(=O)c1cc(NC(=O)Cc2ccccc2Cl)ccc1F. The maximum absolute atomic E-state index is 13.5. The number of hydrogen-bond acceptors (Lipinski definition) is 3. The molecule has 0 fully saturated rings. The van der Waals surface area contributed by atoms with E-state index < -0.39 is 20.5 Å². The van der Waals surface area contributed by atoms with Gasteiger partial charge in [-0.2, -0.15) is 0 Å². The predicted octanol–water partition coefficient (Wildman–Crippen LogP) is 3.06. The minimum atomic E-state index is -3.70. The number of carbonyl (C=O) groups excluding carboxylic acids is 1.